The zero-order valence-electron chi connectivity index (χ0n) is 18.9. The molecule has 7 nitrogen and oxygen atoms in total. The lowest BCUT2D eigenvalue weighted by Crippen LogP contribution is -2.55. The van der Waals surface area contributed by atoms with Crippen LogP contribution in [-0.4, -0.2) is 54.6 Å². The van der Waals surface area contributed by atoms with E-state index >= 15 is 0 Å². The lowest BCUT2D eigenvalue weighted by molar-refractivity contribution is -0.188. The number of alkyl halides is 3. The number of benzene rings is 1. The maximum absolute atomic E-state index is 14.9. The Morgan fingerprint density at radius 1 is 1.17 bits per heavy atom. The number of sulfonamides is 1. The third-order valence-electron chi connectivity index (χ3n) is 6.93. The lowest BCUT2D eigenvalue weighted by Gasteiger charge is -2.47. The molecule has 1 heterocycles. The molecule has 0 spiro atoms. The second-order valence-corrected chi connectivity index (χ2v) is 11.1. The van der Waals surface area contributed by atoms with Crippen molar-refractivity contribution >= 4 is 33.1 Å². The van der Waals surface area contributed by atoms with Gasteiger partial charge in [-0.3, -0.25) is 9.62 Å². The molecule has 0 radical (unpaired) electrons. The molecule has 13 heteroatoms. The van der Waals surface area contributed by atoms with Gasteiger partial charge in [-0.25, -0.2) is 22.8 Å². The number of likely N-dealkylation sites (N-methyl/N-ethyl adjacent to an activating group) is 1. The van der Waals surface area contributed by atoms with Gasteiger partial charge in [0.2, 0.25) is 0 Å². The average molecular weight is 536 g/mol. The number of halogens is 5. The van der Waals surface area contributed by atoms with Gasteiger partial charge in [0.1, 0.15) is 22.9 Å². The topological polar surface area (TPSA) is 87.2 Å². The van der Waals surface area contributed by atoms with Crippen LogP contribution in [-0.2, 0) is 10.0 Å². The van der Waals surface area contributed by atoms with E-state index in [9.17, 15) is 26.0 Å². The Bertz CT molecular complexity index is 1150. The molecule has 0 amide bonds. The number of aromatic nitrogens is 2. The molecule has 0 saturated heterocycles. The molecule has 1 aromatic carbocycles. The summed E-state index contributed by atoms with van der Waals surface area (Å²) in [6.07, 6.45) is 1.19. The molecule has 2 fully saturated rings. The molecular weight excluding hydrogens is 510 g/mol. The summed E-state index contributed by atoms with van der Waals surface area (Å²) < 4.78 is 82.8. The van der Waals surface area contributed by atoms with E-state index in [-0.39, 0.29) is 41.8 Å². The zero-order chi connectivity index (χ0) is 25.4. The van der Waals surface area contributed by atoms with Crippen LogP contribution >= 0.6 is 11.6 Å². The van der Waals surface area contributed by atoms with Gasteiger partial charge < -0.3 is 5.32 Å². The first-order chi connectivity index (χ1) is 16.5. The normalized spacial score (nSPS) is 23.7. The first-order valence-electron chi connectivity index (χ1n) is 11.3. The van der Waals surface area contributed by atoms with Gasteiger partial charge in [0.15, 0.2) is 0 Å². The van der Waals surface area contributed by atoms with Gasteiger partial charge in [0.25, 0.3) is 10.0 Å². The van der Waals surface area contributed by atoms with E-state index in [0.29, 0.717) is 0 Å². The van der Waals surface area contributed by atoms with Crippen molar-refractivity contribution in [3.63, 3.8) is 0 Å². The van der Waals surface area contributed by atoms with Crippen LogP contribution in [0.2, 0.25) is 5.02 Å². The van der Waals surface area contributed by atoms with Crippen LogP contribution in [0.15, 0.2) is 35.6 Å². The number of anilines is 2. The van der Waals surface area contributed by atoms with Gasteiger partial charge in [-0.2, -0.15) is 13.2 Å². The minimum absolute atomic E-state index is 0.0407. The maximum atomic E-state index is 14.9. The zero-order valence-corrected chi connectivity index (χ0v) is 20.5. The van der Waals surface area contributed by atoms with Crippen LogP contribution in [0.3, 0.4) is 0 Å². The molecule has 2 N–H and O–H groups in total. The fourth-order valence-corrected chi connectivity index (χ4v) is 6.09. The number of nitrogens with one attached hydrogen (secondary N) is 2. The van der Waals surface area contributed by atoms with Crippen molar-refractivity contribution in [2.24, 2.45) is 5.92 Å². The Morgan fingerprint density at radius 2 is 1.91 bits per heavy atom. The Kier molecular flexibility index (Phi) is 7.44. The fraction of sp³-hybridized carbons (Fsp3) is 0.545. The Labute approximate surface area is 206 Å². The number of nitrogens with zero attached hydrogens (tertiary/aromatic N) is 3. The molecule has 1 aromatic heterocycles. The van der Waals surface area contributed by atoms with Crippen LogP contribution in [0, 0.1) is 11.7 Å². The van der Waals surface area contributed by atoms with E-state index < -0.39 is 44.9 Å². The molecule has 2 aromatic rings. The lowest BCUT2D eigenvalue weighted by atomic mass is 9.79. The molecule has 192 valence electrons. The van der Waals surface area contributed by atoms with E-state index in [1.54, 1.807) is 0 Å². The van der Waals surface area contributed by atoms with E-state index in [2.05, 4.69) is 20.0 Å². The fourth-order valence-electron chi connectivity index (χ4n) is 4.72. The van der Waals surface area contributed by atoms with E-state index in [0.717, 1.165) is 37.7 Å². The van der Waals surface area contributed by atoms with Gasteiger partial charge in [-0.15, -0.1) is 0 Å². The molecule has 0 bridgehead atoms. The van der Waals surface area contributed by atoms with Crippen molar-refractivity contribution in [2.45, 2.75) is 67.7 Å². The standard InChI is InChI=1S/C22H26ClF4N5O2S/c1-32(14-3-2-4-14)19-9-13(22(25,26)27)5-6-17(19)30-18-11-16(24)20(10-15(18)23)35(33,34)31-21-7-8-28-12-29-21/h7-8,10-14,17,19,30H,2-6,9H2,1H3,(H,28,29,31)/t13-,17-,19-/m0/s1. The molecular formula is C22H26ClF4N5O2S. The van der Waals surface area contributed by atoms with Gasteiger partial charge in [-0.1, -0.05) is 18.0 Å². The largest absolute Gasteiger partial charge is 0.391 e. The van der Waals surface area contributed by atoms with Gasteiger partial charge >= 0.3 is 6.18 Å². The van der Waals surface area contributed by atoms with E-state index in [1.165, 1.54) is 12.3 Å². The van der Waals surface area contributed by atoms with Crippen LogP contribution in [0.4, 0.5) is 29.1 Å². The molecule has 2 aliphatic rings. The highest BCUT2D eigenvalue weighted by atomic mass is 35.5. The van der Waals surface area contributed by atoms with E-state index in [1.807, 2.05) is 11.9 Å². The van der Waals surface area contributed by atoms with Crippen LogP contribution in [0.5, 0.6) is 0 Å². The van der Waals surface area contributed by atoms with Gasteiger partial charge in [0, 0.05) is 24.3 Å². The van der Waals surface area contributed by atoms with Crippen molar-refractivity contribution < 1.29 is 26.0 Å². The summed E-state index contributed by atoms with van der Waals surface area (Å²) in [5, 5.41) is 3.05. The Morgan fingerprint density at radius 3 is 2.51 bits per heavy atom. The summed E-state index contributed by atoms with van der Waals surface area (Å²) in [4.78, 5) is 8.77. The highest BCUT2D eigenvalue weighted by Gasteiger charge is 2.47. The first kappa shape index (κ1) is 25.9. The molecule has 3 atom stereocenters. The summed E-state index contributed by atoms with van der Waals surface area (Å²) in [6.45, 7) is 0. The molecule has 0 aliphatic heterocycles. The third kappa shape index (κ3) is 5.80. The number of hydrogen-bond donors (Lipinski definition) is 2. The Hall–Kier alpha value is -2.18. The smallest absolute Gasteiger partial charge is 0.379 e. The number of rotatable bonds is 7. The average Bonchev–Trinajstić information content (AvgIpc) is 2.74. The second-order valence-electron chi connectivity index (χ2n) is 9.08. The second kappa shape index (κ2) is 10.1. The maximum Gasteiger partial charge on any atom is 0.391 e. The quantitative estimate of drug-likeness (QED) is 0.482. The van der Waals surface area contributed by atoms with Crippen molar-refractivity contribution in [2.75, 3.05) is 17.1 Å². The van der Waals surface area contributed by atoms with Crippen LogP contribution < -0.4 is 10.0 Å². The van der Waals surface area contributed by atoms with Crippen molar-refractivity contribution in [1.82, 2.24) is 14.9 Å². The molecule has 2 saturated carbocycles. The predicted octanol–water partition coefficient (Wildman–Crippen LogP) is 5.07. The van der Waals surface area contributed by atoms with Crippen LogP contribution in [0.25, 0.3) is 0 Å². The van der Waals surface area contributed by atoms with Gasteiger partial charge in [0.05, 0.1) is 16.6 Å². The minimum atomic E-state index is -4.33. The minimum Gasteiger partial charge on any atom is -0.379 e. The van der Waals surface area contributed by atoms with E-state index in [4.69, 9.17) is 11.6 Å². The molecule has 4 rings (SSSR count). The van der Waals surface area contributed by atoms with Crippen molar-refractivity contribution in [1.29, 1.82) is 0 Å². The summed E-state index contributed by atoms with van der Waals surface area (Å²) in [5.74, 6) is -2.49. The summed E-state index contributed by atoms with van der Waals surface area (Å²) >= 11 is 6.32. The SMILES string of the molecule is CN(C1CCC1)[C@H]1C[C@@H](C(F)(F)F)CC[C@@H]1Nc1cc(F)c(S(=O)(=O)Nc2ccncn2)cc1Cl. The highest BCUT2D eigenvalue weighted by Crippen LogP contribution is 2.42. The van der Waals surface area contributed by atoms with Crippen LogP contribution in [0.1, 0.15) is 38.5 Å². The Balaban J connectivity index is 1.56. The monoisotopic (exact) mass is 535 g/mol. The third-order valence-corrected chi connectivity index (χ3v) is 8.61. The predicted molar refractivity (Wildman–Crippen MR) is 124 cm³/mol. The molecule has 0 unspecified atom stereocenters. The van der Waals surface area contributed by atoms with Crippen molar-refractivity contribution in [3.8, 4) is 0 Å². The van der Waals surface area contributed by atoms with Gasteiger partial charge in [-0.05, 0) is 57.4 Å². The summed E-state index contributed by atoms with van der Waals surface area (Å²) in [5.41, 5.74) is 0.132. The molecule has 35 heavy (non-hydrogen) atoms. The first-order valence-corrected chi connectivity index (χ1v) is 13.1. The van der Waals surface area contributed by atoms with Crippen molar-refractivity contribution in [3.05, 3.63) is 41.6 Å². The molecule has 2 aliphatic carbocycles. The summed E-state index contributed by atoms with van der Waals surface area (Å²) in [6, 6.07) is 2.63. The number of hydrogen-bond acceptors (Lipinski definition) is 6. The highest BCUT2D eigenvalue weighted by molar-refractivity contribution is 7.92. The summed E-state index contributed by atoms with van der Waals surface area (Å²) in [7, 11) is -2.50.